The first kappa shape index (κ1) is 10.1. The normalized spacial score (nSPS) is 8.93. The Morgan fingerprint density at radius 2 is 2.36 bits per heavy atom. The molecule has 0 saturated heterocycles. The molecule has 0 unspecified atom stereocenters. The summed E-state index contributed by atoms with van der Waals surface area (Å²) in [5, 5.41) is 0. The summed E-state index contributed by atoms with van der Waals surface area (Å²) >= 11 is 0. The van der Waals surface area contributed by atoms with Crippen LogP contribution in [0, 0.1) is 18.8 Å². The molecule has 14 heavy (non-hydrogen) atoms. The Morgan fingerprint density at radius 3 is 2.93 bits per heavy atom. The number of aryl methyl sites for hydroxylation is 1. The van der Waals surface area contributed by atoms with Gasteiger partial charge in [-0.15, -0.1) is 0 Å². The molecule has 1 rings (SSSR count). The molecule has 1 aromatic heterocycles. The monoisotopic (exact) mass is 189 g/mol. The zero-order chi connectivity index (χ0) is 10.6. The second-order valence-electron chi connectivity index (χ2n) is 2.88. The number of carbonyl (C=O) groups excluding carboxylic acids is 1. The molecular formula is C10H11N3O. The maximum Gasteiger partial charge on any atom is 0.229 e. The molecule has 0 atom stereocenters. The Hall–Kier alpha value is -2.02. The highest BCUT2D eigenvalue weighted by Gasteiger charge is 1.95. The third kappa shape index (κ3) is 2.79. The van der Waals surface area contributed by atoms with Gasteiger partial charge in [-0.1, -0.05) is 5.92 Å². The van der Waals surface area contributed by atoms with Crippen molar-refractivity contribution in [3.63, 3.8) is 0 Å². The molecule has 0 bridgehead atoms. The lowest BCUT2D eigenvalue weighted by atomic mass is 10.2. The third-order valence-electron chi connectivity index (χ3n) is 1.57. The van der Waals surface area contributed by atoms with Crippen LogP contribution in [0.1, 0.15) is 17.7 Å². The predicted molar refractivity (Wildman–Crippen MR) is 54.1 cm³/mol. The molecule has 0 aliphatic carbocycles. The molecule has 4 heteroatoms. The molecule has 1 aromatic rings. The molecule has 0 aliphatic heterocycles. The number of nitrogens with zero attached hydrogens (tertiary/aromatic N) is 1. The number of hydrogen-bond donors (Lipinski definition) is 2. The predicted octanol–water partition coefficient (Wildman–Crippen LogP) is 0.199. The average Bonchev–Trinajstić information content (AvgIpc) is 2.08. The minimum Gasteiger partial charge on any atom is -0.397 e. The van der Waals surface area contributed by atoms with E-state index in [1.165, 1.54) is 6.20 Å². The van der Waals surface area contributed by atoms with Crippen LogP contribution in [-0.4, -0.2) is 10.9 Å². The quantitative estimate of drug-likeness (QED) is 0.619. The first-order valence-electron chi connectivity index (χ1n) is 4.09. The third-order valence-corrected chi connectivity index (χ3v) is 1.57. The van der Waals surface area contributed by atoms with Crippen LogP contribution < -0.4 is 11.5 Å². The van der Waals surface area contributed by atoms with E-state index in [1.807, 2.05) is 6.92 Å². The van der Waals surface area contributed by atoms with Crippen molar-refractivity contribution >= 4 is 11.6 Å². The molecule has 0 aliphatic rings. The lowest BCUT2D eigenvalue weighted by Crippen LogP contribution is -2.08. The van der Waals surface area contributed by atoms with Crippen molar-refractivity contribution in [2.45, 2.75) is 13.3 Å². The van der Waals surface area contributed by atoms with Crippen molar-refractivity contribution in [2.24, 2.45) is 5.73 Å². The van der Waals surface area contributed by atoms with Gasteiger partial charge in [0, 0.05) is 0 Å². The van der Waals surface area contributed by atoms with Gasteiger partial charge in [-0.25, -0.2) is 4.98 Å². The van der Waals surface area contributed by atoms with E-state index < -0.39 is 5.91 Å². The summed E-state index contributed by atoms with van der Waals surface area (Å²) in [6.45, 7) is 1.86. The standard InChI is InChI=1S/C10H11N3O/c1-7-5-8(11)6-13-9(7)3-2-4-10(12)14/h5-6H,4,11H2,1H3,(H2,12,14). The molecular weight excluding hydrogens is 178 g/mol. The highest BCUT2D eigenvalue weighted by molar-refractivity contribution is 5.76. The van der Waals surface area contributed by atoms with Crippen LogP contribution in [0.4, 0.5) is 5.69 Å². The number of aromatic nitrogens is 1. The van der Waals surface area contributed by atoms with E-state index in [2.05, 4.69) is 16.8 Å². The van der Waals surface area contributed by atoms with Gasteiger partial charge >= 0.3 is 0 Å². The zero-order valence-electron chi connectivity index (χ0n) is 7.87. The lowest BCUT2D eigenvalue weighted by molar-refractivity contribution is -0.117. The number of pyridine rings is 1. The van der Waals surface area contributed by atoms with Crippen LogP contribution in [0.15, 0.2) is 12.3 Å². The van der Waals surface area contributed by atoms with E-state index >= 15 is 0 Å². The largest absolute Gasteiger partial charge is 0.397 e. The molecule has 1 amide bonds. The van der Waals surface area contributed by atoms with Gasteiger partial charge in [0.2, 0.25) is 5.91 Å². The van der Waals surface area contributed by atoms with Gasteiger partial charge < -0.3 is 11.5 Å². The number of rotatable bonds is 1. The van der Waals surface area contributed by atoms with Crippen molar-refractivity contribution in [1.82, 2.24) is 4.98 Å². The van der Waals surface area contributed by atoms with E-state index in [9.17, 15) is 4.79 Å². The van der Waals surface area contributed by atoms with Crippen molar-refractivity contribution < 1.29 is 4.79 Å². The molecule has 0 aromatic carbocycles. The van der Waals surface area contributed by atoms with Gasteiger partial charge in [-0.2, -0.15) is 0 Å². The summed E-state index contributed by atoms with van der Waals surface area (Å²) in [5.74, 6) is 4.95. The van der Waals surface area contributed by atoms with Crippen LogP contribution >= 0.6 is 0 Å². The minimum atomic E-state index is -0.439. The molecule has 72 valence electrons. The Kier molecular flexibility index (Phi) is 3.08. The fourth-order valence-electron chi connectivity index (χ4n) is 0.942. The molecule has 0 spiro atoms. The van der Waals surface area contributed by atoms with E-state index in [1.54, 1.807) is 6.07 Å². The number of anilines is 1. The van der Waals surface area contributed by atoms with Crippen molar-refractivity contribution in [3.8, 4) is 11.8 Å². The Labute approximate surface area is 82.3 Å². The highest BCUT2D eigenvalue weighted by atomic mass is 16.1. The highest BCUT2D eigenvalue weighted by Crippen LogP contribution is 2.07. The summed E-state index contributed by atoms with van der Waals surface area (Å²) in [6, 6.07) is 1.78. The molecule has 1 heterocycles. The van der Waals surface area contributed by atoms with E-state index in [4.69, 9.17) is 11.5 Å². The lowest BCUT2D eigenvalue weighted by Gasteiger charge is -1.97. The summed E-state index contributed by atoms with van der Waals surface area (Å²) in [5.41, 5.74) is 12.6. The number of nitrogen functional groups attached to an aromatic ring is 1. The number of amides is 1. The zero-order valence-corrected chi connectivity index (χ0v) is 7.87. The number of carbonyl (C=O) groups is 1. The Balaban J connectivity index is 2.85. The number of hydrogen-bond acceptors (Lipinski definition) is 3. The van der Waals surface area contributed by atoms with Crippen LogP contribution in [-0.2, 0) is 4.79 Å². The SMILES string of the molecule is Cc1cc(N)cnc1C#CCC(N)=O. The molecule has 4 nitrogen and oxygen atoms in total. The van der Waals surface area contributed by atoms with Crippen molar-refractivity contribution in [1.29, 1.82) is 0 Å². The fraction of sp³-hybridized carbons (Fsp3) is 0.200. The molecule has 0 radical (unpaired) electrons. The van der Waals surface area contributed by atoms with Gasteiger partial charge in [0.15, 0.2) is 0 Å². The summed E-state index contributed by atoms with van der Waals surface area (Å²) in [7, 11) is 0. The van der Waals surface area contributed by atoms with Crippen LogP contribution in [0.25, 0.3) is 0 Å². The number of primary amides is 1. The summed E-state index contributed by atoms with van der Waals surface area (Å²) in [6.07, 6.45) is 1.58. The number of nitrogens with two attached hydrogens (primary N) is 2. The van der Waals surface area contributed by atoms with E-state index in [0.717, 1.165) is 5.56 Å². The van der Waals surface area contributed by atoms with E-state index in [-0.39, 0.29) is 6.42 Å². The maximum atomic E-state index is 10.4. The molecule has 0 saturated carbocycles. The average molecular weight is 189 g/mol. The fourth-order valence-corrected chi connectivity index (χ4v) is 0.942. The van der Waals surface area contributed by atoms with Crippen molar-refractivity contribution in [2.75, 3.05) is 5.73 Å². The summed E-state index contributed by atoms with van der Waals surface area (Å²) in [4.78, 5) is 14.4. The van der Waals surface area contributed by atoms with Gasteiger partial charge in [-0.3, -0.25) is 4.79 Å². The van der Waals surface area contributed by atoms with Crippen LogP contribution in [0.3, 0.4) is 0 Å². The second-order valence-corrected chi connectivity index (χ2v) is 2.88. The van der Waals surface area contributed by atoms with Crippen LogP contribution in [0.2, 0.25) is 0 Å². The molecule has 0 fully saturated rings. The Morgan fingerprint density at radius 1 is 1.64 bits per heavy atom. The van der Waals surface area contributed by atoms with Gasteiger partial charge in [-0.05, 0) is 24.5 Å². The maximum absolute atomic E-state index is 10.4. The Bertz CT molecular complexity index is 415. The second kappa shape index (κ2) is 4.28. The molecule has 4 N–H and O–H groups in total. The van der Waals surface area contributed by atoms with Gasteiger partial charge in [0.1, 0.15) is 5.69 Å². The first-order chi connectivity index (χ1) is 6.59. The minimum absolute atomic E-state index is 0.0471. The van der Waals surface area contributed by atoms with Crippen molar-refractivity contribution in [3.05, 3.63) is 23.5 Å². The summed E-state index contributed by atoms with van der Waals surface area (Å²) < 4.78 is 0. The van der Waals surface area contributed by atoms with Gasteiger partial charge in [0.05, 0.1) is 18.3 Å². The van der Waals surface area contributed by atoms with E-state index in [0.29, 0.717) is 11.4 Å². The van der Waals surface area contributed by atoms with Gasteiger partial charge in [0.25, 0.3) is 0 Å². The topological polar surface area (TPSA) is 82.0 Å². The first-order valence-corrected chi connectivity index (χ1v) is 4.09. The smallest absolute Gasteiger partial charge is 0.229 e. The van der Waals surface area contributed by atoms with Crippen LogP contribution in [0.5, 0.6) is 0 Å².